The van der Waals surface area contributed by atoms with Crippen molar-refractivity contribution in [1.82, 2.24) is 0 Å². The summed E-state index contributed by atoms with van der Waals surface area (Å²) in [5, 5.41) is 3.23. The van der Waals surface area contributed by atoms with E-state index in [0.717, 1.165) is 24.3 Å². The Bertz CT molecular complexity index is 1330. The summed E-state index contributed by atoms with van der Waals surface area (Å²) in [7, 11) is 0. The molecule has 36 heavy (non-hydrogen) atoms. The molecule has 1 aliphatic rings. The molecule has 0 saturated carbocycles. The number of nitrogens with zero attached hydrogens (tertiary/aromatic N) is 1. The predicted molar refractivity (Wildman–Crippen MR) is 145 cm³/mol. The van der Waals surface area contributed by atoms with Gasteiger partial charge in [-0.05, 0) is 61.0 Å². The molecule has 0 bridgehead atoms. The molecule has 4 rings (SSSR count). The minimum Gasteiger partial charge on any atom is -0.616 e. The third-order valence-corrected chi connectivity index (χ3v) is 7.37. The first-order valence-corrected chi connectivity index (χ1v) is 13.2. The Morgan fingerprint density at radius 3 is 2.64 bits per heavy atom. The molecule has 184 valence electrons. The molecule has 6 nitrogen and oxygen atoms in total. The van der Waals surface area contributed by atoms with Gasteiger partial charge in [0.1, 0.15) is 17.3 Å². The van der Waals surface area contributed by atoms with Gasteiger partial charge in [-0.2, -0.15) is 0 Å². The Kier molecular flexibility index (Phi) is 8.21. The number of benzene rings is 3. The SMILES string of the molecule is C#Cc1cccc(C(=O)c2cc(Cl)ccc2OCC(=O)Nc2ccc(N3CC[S+]([O-])CC3)cc2C)c1. The number of anilines is 2. The lowest BCUT2D eigenvalue weighted by Crippen LogP contribution is -2.40. The van der Waals surface area contributed by atoms with Crippen LogP contribution in [0.15, 0.2) is 60.7 Å². The second-order valence-electron chi connectivity index (χ2n) is 8.37. The number of terminal acetylenes is 1. The van der Waals surface area contributed by atoms with Gasteiger partial charge in [0.15, 0.2) is 12.4 Å². The average Bonchev–Trinajstić information content (AvgIpc) is 2.89. The van der Waals surface area contributed by atoms with E-state index in [2.05, 4.69) is 16.1 Å². The smallest absolute Gasteiger partial charge is 0.262 e. The number of halogens is 1. The maximum Gasteiger partial charge on any atom is 0.262 e. The van der Waals surface area contributed by atoms with Crippen LogP contribution in [0.1, 0.15) is 27.0 Å². The molecule has 1 aliphatic heterocycles. The number of ketones is 1. The molecule has 0 aliphatic carbocycles. The Balaban J connectivity index is 1.42. The minimum atomic E-state index is -0.738. The average molecular weight is 521 g/mol. The normalized spacial score (nSPS) is 13.7. The van der Waals surface area contributed by atoms with E-state index < -0.39 is 11.2 Å². The van der Waals surface area contributed by atoms with Crippen LogP contribution in [0, 0.1) is 19.3 Å². The number of amides is 1. The lowest BCUT2D eigenvalue weighted by Gasteiger charge is -2.30. The van der Waals surface area contributed by atoms with Gasteiger partial charge in [0.2, 0.25) is 0 Å². The van der Waals surface area contributed by atoms with Crippen LogP contribution in [-0.4, -0.2) is 47.4 Å². The lowest BCUT2D eigenvalue weighted by molar-refractivity contribution is -0.118. The highest BCUT2D eigenvalue weighted by Crippen LogP contribution is 2.27. The Labute approximate surface area is 218 Å². The quantitative estimate of drug-likeness (QED) is 0.283. The van der Waals surface area contributed by atoms with Crippen LogP contribution in [0.3, 0.4) is 0 Å². The Hall–Kier alpha value is -3.44. The van der Waals surface area contributed by atoms with E-state index in [9.17, 15) is 14.1 Å². The number of carbonyl (C=O) groups excluding carboxylic acids is 2. The summed E-state index contributed by atoms with van der Waals surface area (Å²) in [4.78, 5) is 28.0. The highest BCUT2D eigenvalue weighted by atomic mass is 35.5. The highest BCUT2D eigenvalue weighted by molar-refractivity contribution is 7.91. The monoisotopic (exact) mass is 520 g/mol. The van der Waals surface area contributed by atoms with Gasteiger partial charge >= 0.3 is 0 Å². The summed E-state index contributed by atoms with van der Waals surface area (Å²) in [6.07, 6.45) is 5.45. The van der Waals surface area contributed by atoms with E-state index >= 15 is 0 Å². The van der Waals surface area contributed by atoms with Crippen LogP contribution in [0.5, 0.6) is 5.75 Å². The highest BCUT2D eigenvalue weighted by Gasteiger charge is 2.20. The first-order valence-electron chi connectivity index (χ1n) is 11.4. The van der Waals surface area contributed by atoms with Crippen molar-refractivity contribution in [1.29, 1.82) is 0 Å². The molecule has 0 atom stereocenters. The molecule has 8 heteroatoms. The largest absolute Gasteiger partial charge is 0.616 e. The van der Waals surface area contributed by atoms with Gasteiger partial charge in [-0.25, -0.2) is 0 Å². The molecule has 3 aromatic carbocycles. The van der Waals surface area contributed by atoms with Crippen molar-refractivity contribution >= 4 is 45.8 Å². The van der Waals surface area contributed by atoms with Gasteiger partial charge in [0.05, 0.1) is 18.7 Å². The fourth-order valence-electron chi connectivity index (χ4n) is 3.92. The lowest BCUT2D eigenvalue weighted by atomic mass is 10.0. The third kappa shape index (κ3) is 6.21. The maximum atomic E-state index is 13.1. The second kappa shape index (κ2) is 11.5. The van der Waals surface area contributed by atoms with Crippen molar-refractivity contribution in [2.45, 2.75) is 6.92 Å². The number of rotatable bonds is 7. The summed E-state index contributed by atoms with van der Waals surface area (Å²) in [6, 6.07) is 17.2. The van der Waals surface area contributed by atoms with Crippen LogP contribution in [0.2, 0.25) is 5.02 Å². The van der Waals surface area contributed by atoms with Crippen LogP contribution < -0.4 is 15.0 Å². The summed E-state index contributed by atoms with van der Waals surface area (Å²) in [5.41, 5.74) is 3.85. The molecule has 0 spiro atoms. The number of ether oxygens (including phenoxy) is 1. The molecule has 1 fully saturated rings. The molecule has 0 radical (unpaired) electrons. The van der Waals surface area contributed by atoms with Crippen LogP contribution in [-0.2, 0) is 16.0 Å². The zero-order chi connectivity index (χ0) is 25.7. The molecular formula is C28H25ClN2O4S. The van der Waals surface area contributed by atoms with Gasteiger partial charge in [0.25, 0.3) is 5.91 Å². The van der Waals surface area contributed by atoms with Crippen molar-refractivity contribution in [2.75, 3.05) is 41.4 Å². The fraction of sp³-hybridized carbons (Fsp3) is 0.214. The molecule has 1 saturated heterocycles. The fourth-order valence-corrected chi connectivity index (χ4v) is 5.15. The van der Waals surface area contributed by atoms with Crippen LogP contribution >= 0.6 is 11.6 Å². The molecule has 1 amide bonds. The van der Waals surface area contributed by atoms with Gasteiger partial charge < -0.3 is 19.5 Å². The number of nitrogens with one attached hydrogen (secondary N) is 1. The Morgan fingerprint density at radius 1 is 1.14 bits per heavy atom. The predicted octanol–water partition coefficient (Wildman–Crippen LogP) is 4.45. The molecule has 1 N–H and O–H groups in total. The van der Waals surface area contributed by atoms with Gasteiger partial charge in [-0.3, -0.25) is 9.59 Å². The molecular weight excluding hydrogens is 496 g/mol. The van der Waals surface area contributed by atoms with Crippen LogP contribution in [0.4, 0.5) is 11.4 Å². The van der Waals surface area contributed by atoms with Gasteiger partial charge in [-0.1, -0.05) is 40.8 Å². The van der Waals surface area contributed by atoms with E-state index in [0.29, 0.717) is 33.3 Å². The summed E-state index contributed by atoms with van der Waals surface area (Å²) < 4.78 is 17.3. The maximum absolute atomic E-state index is 13.1. The number of aryl methyl sites for hydroxylation is 1. The van der Waals surface area contributed by atoms with E-state index in [-0.39, 0.29) is 29.6 Å². The minimum absolute atomic E-state index is 0.243. The summed E-state index contributed by atoms with van der Waals surface area (Å²) >= 11 is 5.39. The number of hydrogen-bond donors (Lipinski definition) is 1. The van der Waals surface area contributed by atoms with E-state index in [1.54, 1.807) is 36.4 Å². The van der Waals surface area contributed by atoms with Crippen molar-refractivity contribution in [3.8, 4) is 18.1 Å². The van der Waals surface area contributed by atoms with Crippen molar-refractivity contribution in [3.63, 3.8) is 0 Å². The number of carbonyl (C=O) groups is 2. The zero-order valence-electron chi connectivity index (χ0n) is 19.8. The first kappa shape index (κ1) is 25.6. The third-order valence-electron chi connectivity index (χ3n) is 5.86. The summed E-state index contributed by atoms with van der Waals surface area (Å²) in [5.74, 6) is 3.43. The summed E-state index contributed by atoms with van der Waals surface area (Å²) in [6.45, 7) is 3.13. The van der Waals surface area contributed by atoms with Gasteiger partial charge in [-0.15, -0.1) is 6.42 Å². The van der Waals surface area contributed by atoms with Gasteiger partial charge in [0, 0.05) is 27.5 Å². The second-order valence-corrected chi connectivity index (χ2v) is 10.5. The van der Waals surface area contributed by atoms with Crippen molar-refractivity contribution in [2.24, 2.45) is 0 Å². The topological polar surface area (TPSA) is 81.7 Å². The van der Waals surface area contributed by atoms with E-state index in [4.69, 9.17) is 22.8 Å². The van der Waals surface area contributed by atoms with Crippen molar-refractivity contribution < 1.29 is 18.9 Å². The van der Waals surface area contributed by atoms with E-state index in [1.807, 2.05) is 25.1 Å². The standard InChI is InChI=1S/C28H25ClN2O4S/c1-3-20-5-4-6-21(16-20)28(33)24-17-22(29)7-10-26(24)35-18-27(32)30-25-9-8-23(15-19(25)2)31-11-13-36(34)14-12-31/h1,4-10,15-17H,11-14,18H2,2H3,(H,30,32). The Morgan fingerprint density at radius 2 is 1.92 bits per heavy atom. The molecule has 0 unspecified atom stereocenters. The first-order chi connectivity index (χ1) is 17.3. The molecule has 1 heterocycles. The molecule has 0 aromatic heterocycles. The van der Waals surface area contributed by atoms with Crippen LogP contribution in [0.25, 0.3) is 0 Å². The zero-order valence-corrected chi connectivity index (χ0v) is 21.3. The molecule has 3 aromatic rings. The van der Waals surface area contributed by atoms with Crippen molar-refractivity contribution in [3.05, 3.63) is 87.9 Å². The van der Waals surface area contributed by atoms with E-state index in [1.165, 1.54) is 6.07 Å². The number of hydrogen-bond acceptors (Lipinski definition) is 5.